The number of hydrogen-bond donors (Lipinski definition) is 0. The molecule has 0 aromatic heterocycles. The average Bonchev–Trinajstić information content (AvgIpc) is 2.39. The third kappa shape index (κ3) is 4.96. The predicted molar refractivity (Wildman–Crippen MR) is 78.1 cm³/mol. The molecule has 0 amide bonds. The van der Waals surface area contributed by atoms with Crippen LogP contribution in [0.5, 0.6) is 5.75 Å². The van der Waals surface area contributed by atoms with Crippen molar-refractivity contribution >= 4 is 15.9 Å². The molecule has 0 spiro atoms. The molecule has 3 nitrogen and oxygen atoms in total. The minimum absolute atomic E-state index is 0.587. The van der Waals surface area contributed by atoms with E-state index in [0.717, 1.165) is 42.0 Å². The van der Waals surface area contributed by atoms with E-state index in [4.69, 9.17) is 9.47 Å². The van der Waals surface area contributed by atoms with Gasteiger partial charge >= 0.3 is 0 Å². The zero-order valence-corrected chi connectivity index (χ0v) is 13.0. The summed E-state index contributed by atoms with van der Waals surface area (Å²) in [4.78, 5) is 2.35. The first-order valence-electron chi connectivity index (χ1n) is 6.33. The largest absolute Gasteiger partial charge is 0.496 e. The Balaban J connectivity index is 2.41. The van der Waals surface area contributed by atoms with Gasteiger partial charge in [0.25, 0.3) is 0 Å². The smallest absolute Gasteiger partial charge is 0.124 e. The van der Waals surface area contributed by atoms with Crippen LogP contribution < -0.4 is 4.74 Å². The maximum absolute atomic E-state index is 5.71. The van der Waals surface area contributed by atoms with E-state index in [9.17, 15) is 0 Å². The van der Waals surface area contributed by atoms with Crippen LogP contribution in [0, 0.1) is 0 Å². The first kappa shape index (κ1) is 15.5. The fourth-order valence-electron chi connectivity index (χ4n) is 1.78. The predicted octanol–water partition coefficient (Wildman–Crippen LogP) is 3.32. The lowest BCUT2D eigenvalue weighted by Crippen LogP contribution is -2.27. The van der Waals surface area contributed by atoms with Crippen LogP contribution in [0.2, 0.25) is 0 Å². The number of likely N-dealkylation sites (N-methyl/N-ethyl adjacent to an activating group) is 1. The molecule has 0 atom stereocenters. The zero-order chi connectivity index (χ0) is 13.4. The van der Waals surface area contributed by atoms with Crippen molar-refractivity contribution in [1.82, 2.24) is 4.90 Å². The molecule has 18 heavy (non-hydrogen) atoms. The van der Waals surface area contributed by atoms with Crippen LogP contribution in [0.25, 0.3) is 0 Å². The second-order valence-electron chi connectivity index (χ2n) is 4.04. The molecule has 0 saturated heterocycles. The van der Waals surface area contributed by atoms with E-state index in [-0.39, 0.29) is 0 Å². The summed E-state index contributed by atoms with van der Waals surface area (Å²) in [6.07, 6.45) is 0. The van der Waals surface area contributed by atoms with E-state index in [1.54, 1.807) is 7.11 Å². The summed E-state index contributed by atoms with van der Waals surface area (Å²) < 4.78 is 12.1. The molecule has 102 valence electrons. The van der Waals surface area contributed by atoms with Gasteiger partial charge in [0.15, 0.2) is 0 Å². The van der Waals surface area contributed by atoms with Crippen LogP contribution in [-0.2, 0) is 11.3 Å². The van der Waals surface area contributed by atoms with Crippen molar-refractivity contribution in [3.8, 4) is 5.75 Å². The maximum atomic E-state index is 5.71. The summed E-state index contributed by atoms with van der Waals surface area (Å²) in [5, 5.41) is 0. The van der Waals surface area contributed by atoms with Crippen molar-refractivity contribution in [1.29, 1.82) is 0 Å². The summed E-state index contributed by atoms with van der Waals surface area (Å²) in [5.41, 5.74) is 1.08. The highest BCUT2D eigenvalue weighted by atomic mass is 79.9. The van der Waals surface area contributed by atoms with Crippen LogP contribution in [0.15, 0.2) is 22.7 Å². The van der Waals surface area contributed by atoms with Crippen molar-refractivity contribution in [2.75, 3.05) is 33.4 Å². The highest BCUT2D eigenvalue weighted by molar-refractivity contribution is 9.10. The van der Waals surface area contributed by atoms with E-state index in [2.05, 4.69) is 34.7 Å². The Morgan fingerprint density at radius 1 is 1.22 bits per heavy atom. The summed E-state index contributed by atoms with van der Waals surface area (Å²) in [6, 6.07) is 5.96. The van der Waals surface area contributed by atoms with Gasteiger partial charge in [0.2, 0.25) is 0 Å². The Hall–Kier alpha value is -0.580. The van der Waals surface area contributed by atoms with Crippen molar-refractivity contribution < 1.29 is 9.47 Å². The minimum atomic E-state index is 0.587. The highest BCUT2D eigenvalue weighted by Crippen LogP contribution is 2.23. The average molecular weight is 316 g/mol. The van der Waals surface area contributed by atoms with Gasteiger partial charge in [-0.2, -0.15) is 0 Å². The molecule has 0 unspecified atom stereocenters. The molecule has 0 aliphatic carbocycles. The van der Waals surface area contributed by atoms with Gasteiger partial charge in [-0.3, -0.25) is 0 Å². The Morgan fingerprint density at radius 2 is 1.94 bits per heavy atom. The van der Waals surface area contributed by atoms with E-state index < -0.39 is 0 Å². The Morgan fingerprint density at radius 3 is 2.56 bits per heavy atom. The Labute approximate surface area is 118 Å². The number of rotatable bonds is 8. The quantitative estimate of drug-likeness (QED) is 0.687. The van der Waals surface area contributed by atoms with Gasteiger partial charge in [-0.15, -0.1) is 0 Å². The standard InChI is InChI=1S/C14H22BrNO2/c1-4-16(5-2)8-9-18-11-12-10-13(15)6-7-14(12)17-3/h6-7,10H,4-5,8-9,11H2,1-3H3. The van der Waals surface area contributed by atoms with Gasteiger partial charge in [-0.1, -0.05) is 29.8 Å². The topological polar surface area (TPSA) is 21.7 Å². The molecule has 1 aromatic carbocycles. The molecule has 0 aliphatic rings. The lowest BCUT2D eigenvalue weighted by molar-refractivity contribution is 0.0942. The summed E-state index contributed by atoms with van der Waals surface area (Å²) >= 11 is 3.46. The van der Waals surface area contributed by atoms with Crippen molar-refractivity contribution in [3.63, 3.8) is 0 Å². The molecule has 0 fully saturated rings. The first-order valence-corrected chi connectivity index (χ1v) is 7.13. The number of hydrogen-bond acceptors (Lipinski definition) is 3. The molecule has 1 rings (SSSR count). The van der Waals surface area contributed by atoms with E-state index >= 15 is 0 Å². The number of benzene rings is 1. The molecule has 0 bridgehead atoms. The molecule has 0 heterocycles. The lowest BCUT2D eigenvalue weighted by atomic mass is 10.2. The summed E-state index contributed by atoms with van der Waals surface area (Å²) in [7, 11) is 1.68. The lowest BCUT2D eigenvalue weighted by Gasteiger charge is -2.18. The van der Waals surface area contributed by atoms with E-state index in [1.807, 2.05) is 18.2 Å². The fourth-order valence-corrected chi connectivity index (χ4v) is 2.18. The van der Waals surface area contributed by atoms with Gasteiger partial charge in [0.1, 0.15) is 5.75 Å². The summed E-state index contributed by atoms with van der Waals surface area (Å²) in [5.74, 6) is 0.876. The fraction of sp³-hybridized carbons (Fsp3) is 0.571. The number of methoxy groups -OCH3 is 1. The zero-order valence-electron chi connectivity index (χ0n) is 11.4. The molecule has 4 heteroatoms. The normalized spacial score (nSPS) is 10.9. The molecule has 1 aromatic rings. The molecule has 0 N–H and O–H groups in total. The van der Waals surface area contributed by atoms with Crippen molar-refractivity contribution in [2.45, 2.75) is 20.5 Å². The number of halogens is 1. The Kier molecular flexibility index (Phi) is 7.32. The van der Waals surface area contributed by atoms with E-state index in [1.165, 1.54) is 0 Å². The van der Waals surface area contributed by atoms with Gasteiger partial charge in [0, 0.05) is 16.6 Å². The maximum Gasteiger partial charge on any atom is 0.124 e. The van der Waals surface area contributed by atoms with Gasteiger partial charge < -0.3 is 14.4 Å². The van der Waals surface area contributed by atoms with Crippen LogP contribution in [0.1, 0.15) is 19.4 Å². The van der Waals surface area contributed by atoms with Gasteiger partial charge in [-0.05, 0) is 31.3 Å². The van der Waals surface area contributed by atoms with Crippen LogP contribution in [0.4, 0.5) is 0 Å². The third-order valence-electron chi connectivity index (χ3n) is 2.95. The second-order valence-corrected chi connectivity index (χ2v) is 4.95. The van der Waals surface area contributed by atoms with Gasteiger partial charge in [-0.25, -0.2) is 0 Å². The van der Waals surface area contributed by atoms with Crippen molar-refractivity contribution in [2.24, 2.45) is 0 Å². The first-order chi connectivity index (χ1) is 8.71. The molecular formula is C14H22BrNO2. The third-order valence-corrected chi connectivity index (χ3v) is 3.44. The monoisotopic (exact) mass is 315 g/mol. The number of nitrogens with zero attached hydrogens (tertiary/aromatic N) is 1. The van der Waals surface area contributed by atoms with Crippen LogP contribution in [0.3, 0.4) is 0 Å². The summed E-state index contributed by atoms with van der Waals surface area (Å²) in [6.45, 7) is 8.78. The van der Waals surface area contributed by atoms with Crippen LogP contribution in [-0.4, -0.2) is 38.3 Å². The highest BCUT2D eigenvalue weighted by Gasteiger charge is 2.04. The van der Waals surface area contributed by atoms with Gasteiger partial charge in [0.05, 0.1) is 20.3 Å². The molecule has 0 aliphatic heterocycles. The van der Waals surface area contributed by atoms with Crippen molar-refractivity contribution in [3.05, 3.63) is 28.2 Å². The van der Waals surface area contributed by atoms with Crippen LogP contribution >= 0.6 is 15.9 Å². The molecule has 0 radical (unpaired) electrons. The number of ether oxygens (including phenoxy) is 2. The van der Waals surface area contributed by atoms with E-state index in [0.29, 0.717) is 6.61 Å². The minimum Gasteiger partial charge on any atom is -0.496 e. The molecule has 0 saturated carbocycles. The molecular weight excluding hydrogens is 294 g/mol. The Bertz CT molecular complexity index is 354. The SMILES string of the molecule is CCN(CC)CCOCc1cc(Br)ccc1OC. The second kappa shape index (κ2) is 8.51.